The highest BCUT2D eigenvalue weighted by Gasteiger charge is 2.38. The van der Waals surface area contributed by atoms with E-state index in [1.54, 1.807) is 6.07 Å². The lowest BCUT2D eigenvalue weighted by Crippen LogP contribution is -2.51. The fourth-order valence-electron chi connectivity index (χ4n) is 3.83. The van der Waals surface area contributed by atoms with Crippen LogP contribution in [0.25, 0.3) is 0 Å². The normalized spacial score (nSPS) is 27.0. The summed E-state index contributed by atoms with van der Waals surface area (Å²) in [6.45, 7) is 3.80. The van der Waals surface area contributed by atoms with Crippen molar-refractivity contribution >= 4 is 5.91 Å². The van der Waals surface area contributed by atoms with Crippen molar-refractivity contribution in [3.05, 3.63) is 35.6 Å². The molecule has 0 radical (unpaired) electrons. The third-order valence-corrected chi connectivity index (χ3v) is 5.35. The molecule has 5 heteroatoms. The SMILES string of the molecule is C[C@H]1OCCC[C@@H]1C(=O)N1CCC(O)(Cc2cccc(F)c2)CC1. The van der Waals surface area contributed by atoms with E-state index in [1.165, 1.54) is 12.1 Å². The Bertz CT molecular complexity index is 584. The minimum absolute atomic E-state index is 0.0284. The zero-order valence-corrected chi connectivity index (χ0v) is 14.2. The van der Waals surface area contributed by atoms with Crippen molar-refractivity contribution in [1.82, 2.24) is 4.90 Å². The van der Waals surface area contributed by atoms with Crippen LogP contribution in [0.4, 0.5) is 4.39 Å². The molecule has 2 fully saturated rings. The Morgan fingerprint density at radius 1 is 1.42 bits per heavy atom. The molecule has 0 unspecified atom stereocenters. The Hall–Kier alpha value is -1.46. The summed E-state index contributed by atoms with van der Waals surface area (Å²) in [7, 11) is 0. The highest BCUT2D eigenvalue weighted by Crippen LogP contribution is 2.29. The van der Waals surface area contributed by atoms with Gasteiger partial charge in [-0.2, -0.15) is 0 Å². The van der Waals surface area contributed by atoms with E-state index in [9.17, 15) is 14.3 Å². The van der Waals surface area contributed by atoms with E-state index < -0.39 is 5.60 Å². The zero-order chi connectivity index (χ0) is 17.2. The lowest BCUT2D eigenvalue weighted by molar-refractivity contribution is -0.148. The molecule has 2 aliphatic rings. The zero-order valence-electron chi connectivity index (χ0n) is 14.2. The third kappa shape index (κ3) is 3.95. The number of hydrogen-bond acceptors (Lipinski definition) is 3. The largest absolute Gasteiger partial charge is 0.389 e. The molecule has 1 aromatic rings. The molecule has 2 aliphatic heterocycles. The maximum atomic E-state index is 13.3. The molecule has 132 valence electrons. The van der Waals surface area contributed by atoms with Crippen LogP contribution in [-0.4, -0.2) is 47.3 Å². The second kappa shape index (κ2) is 7.19. The van der Waals surface area contributed by atoms with Gasteiger partial charge in [0, 0.05) is 26.1 Å². The molecule has 1 amide bonds. The van der Waals surface area contributed by atoms with Crippen molar-refractivity contribution in [1.29, 1.82) is 0 Å². The Kier molecular flexibility index (Phi) is 5.21. The highest BCUT2D eigenvalue weighted by atomic mass is 19.1. The number of nitrogens with zero attached hydrogens (tertiary/aromatic N) is 1. The molecule has 0 bridgehead atoms. The Morgan fingerprint density at radius 3 is 2.83 bits per heavy atom. The molecule has 2 atom stereocenters. The van der Waals surface area contributed by atoms with E-state index in [4.69, 9.17) is 4.74 Å². The van der Waals surface area contributed by atoms with Crippen LogP contribution in [0, 0.1) is 11.7 Å². The summed E-state index contributed by atoms with van der Waals surface area (Å²) in [5.74, 6) is -0.196. The number of piperidine rings is 1. The quantitative estimate of drug-likeness (QED) is 0.923. The van der Waals surface area contributed by atoms with Crippen LogP contribution in [-0.2, 0) is 16.0 Å². The van der Waals surface area contributed by atoms with Gasteiger partial charge in [-0.15, -0.1) is 0 Å². The van der Waals surface area contributed by atoms with Gasteiger partial charge in [-0.3, -0.25) is 4.79 Å². The summed E-state index contributed by atoms with van der Waals surface area (Å²) in [6.07, 6.45) is 3.26. The van der Waals surface area contributed by atoms with Gasteiger partial charge in [-0.1, -0.05) is 12.1 Å². The molecule has 0 saturated carbocycles. The first-order chi connectivity index (χ1) is 11.5. The first-order valence-electron chi connectivity index (χ1n) is 8.84. The fourth-order valence-corrected chi connectivity index (χ4v) is 3.83. The van der Waals surface area contributed by atoms with E-state index in [-0.39, 0.29) is 23.7 Å². The minimum Gasteiger partial charge on any atom is -0.389 e. The standard InChI is InChI=1S/C19H26FNO3/c1-14-17(6-3-11-24-14)18(22)21-9-7-19(23,8-10-21)13-15-4-2-5-16(20)12-15/h2,4-5,12,14,17,23H,3,6-11,13H2,1H3/t14-,17+/m1/s1. The Labute approximate surface area is 142 Å². The molecule has 0 aromatic heterocycles. The molecule has 1 N–H and O–H groups in total. The first kappa shape index (κ1) is 17.4. The van der Waals surface area contributed by atoms with Crippen LogP contribution in [0.2, 0.25) is 0 Å². The lowest BCUT2D eigenvalue weighted by atomic mass is 9.84. The number of amides is 1. The number of ether oxygens (including phenoxy) is 1. The highest BCUT2D eigenvalue weighted by molar-refractivity contribution is 5.79. The van der Waals surface area contributed by atoms with Gasteiger partial charge < -0.3 is 14.7 Å². The van der Waals surface area contributed by atoms with Crippen molar-refractivity contribution in [2.24, 2.45) is 5.92 Å². The number of rotatable bonds is 3. The predicted octanol–water partition coefficient (Wildman–Crippen LogP) is 2.54. The van der Waals surface area contributed by atoms with Crippen LogP contribution in [0.5, 0.6) is 0 Å². The van der Waals surface area contributed by atoms with E-state index >= 15 is 0 Å². The number of carbonyl (C=O) groups is 1. The van der Waals surface area contributed by atoms with Crippen molar-refractivity contribution in [3.63, 3.8) is 0 Å². The molecule has 1 aromatic carbocycles. The number of carbonyl (C=O) groups excluding carboxylic acids is 1. The van der Waals surface area contributed by atoms with Crippen LogP contribution < -0.4 is 0 Å². The number of aliphatic hydroxyl groups is 1. The van der Waals surface area contributed by atoms with Crippen molar-refractivity contribution in [2.45, 2.75) is 50.7 Å². The third-order valence-electron chi connectivity index (χ3n) is 5.35. The lowest BCUT2D eigenvalue weighted by Gasteiger charge is -2.41. The fraction of sp³-hybridized carbons (Fsp3) is 0.632. The maximum absolute atomic E-state index is 13.3. The summed E-state index contributed by atoms with van der Waals surface area (Å²) >= 11 is 0. The van der Waals surface area contributed by atoms with Crippen molar-refractivity contribution < 1.29 is 19.0 Å². The second-order valence-corrected chi connectivity index (χ2v) is 7.18. The molecule has 4 nitrogen and oxygen atoms in total. The summed E-state index contributed by atoms with van der Waals surface area (Å²) in [6, 6.07) is 6.37. The number of halogens is 1. The smallest absolute Gasteiger partial charge is 0.228 e. The van der Waals surface area contributed by atoms with Gasteiger partial charge in [0.1, 0.15) is 5.82 Å². The van der Waals surface area contributed by atoms with Gasteiger partial charge in [0.2, 0.25) is 5.91 Å². The molecule has 3 rings (SSSR count). The molecule has 0 spiro atoms. The maximum Gasteiger partial charge on any atom is 0.228 e. The first-order valence-corrected chi connectivity index (χ1v) is 8.84. The van der Waals surface area contributed by atoms with Gasteiger partial charge in [-0.25, -0.2) is 4.39 Å². The molecule has 24 heavy (non-hydrogen) atoms. The predicted molar refractivity (Wildman–Crippen MR) is 89.0 cm³/mol. The van der Waals surface area contributed by atoms with Crippen LogP contribution in [0.3, 0.4) is 0 Å². The average Bonchev–Trinajstić information content (AvgIpc) is 2.55. The number of likely N-dealkylation sites (tertiary alicyclic amines) is 1. The Balaban J connectivity index is 1.57. The van der Waals surface area contributed by atoms with Crippen LogP contribution in [0.15, 0.2) is 24.3 Å². The second-order valence-electron chi connectivity index (χ2n) is 7.18. The van der Waals surface area contributed by atoms with Gasteiger partial charge in [0.05, 0.1) is 17.6 Å². The molecule has 2 heterocycles. The minimum atomic E-state index is -0.862. The van der Waals surface area contributed by atoms with Gasteiger partial charge in [0.15, 0.2) is 0 Å². The van der Waals surface area contributed by atoms with Gasteiger partial charge in [-0.05, 0) is 50.3 Å². The number of hydrogen-bond donors (Lipinski definition) is 1. The summed E-state index contributed by atoms with van der Waals surface area (Å²) in [5.41, 5.74) is -0.0641. The Morgan fingerprint density at radius 2 is 2.17 bits per heavy atom. The van der Waals surface area contributed by atoms with E-state index in [2.05, 4.69) is 0 Å². The van der Waals surface area contributed by atoms with E-state index in [1.807, 2.05) is 17.9 Å². The van der Waals surface area contributed by atoms with Crippen molar-refractivity contribution in [3.8, 4) is 0 Å². The van der Waals surface area contributed by atoms with E-state index in [0.717, 1.165) is 25.0 Å². The molecular weight excluding hydrogens is 309 g/mol. The van der Waals surface area contributed by atoms with Crippen LogP contribution in [0.1, 0.15) is 38.2 Å². The van der Waals surface area contributed by atoms with E-state index in [0.29, 0.717) is 32.4 Å². The van der Waals surface area contributed by atoms with Gasteiger partial charge in [0.25, 0.3) is 0 Å². The molecule has 0 aliphatic carbocycles. The summed E-state index contributed by atoms with van der Waals surface area (Å²) < 4.78 is 18.9. The summed E-state index contributed by atoms with van der Waals surface area (Å²) in [4.78, 5) is 14.5. The monoisotopic (exact) mass is 335 g/mol. The summed E-state index contributed by atoms with van der Waals surface area (Å²) in [5, 5.41) is 10.8. The number of benzene rings is 1. The van der Waals surface area contributed by atoms with Gasteiger partial charge >= 0.3 is 0 Å². The topological polar surface area (TPSA) is 49.8 Å². The van der Waals surface area contributed by atoms with Crippen LogP contribution >= 0.6 is 0 Å². The molecular formula is C19H26FNO3. The average molecular weight is 335 g/mol. The molecule has 2 saturated heterocycles. The van der Waals surface area contributed by atoms with Crippen molar-refractivity contribution in [2.75, 3.05) is 19.7 Å².